The summed E-state index contributed by atoms with van der Waals surface area (Å²) in [5, 5.41) is 13.7. The SMILES string of the molecule is COCC(C)CNc1cccnc1[N+](=O)[O-]. The van der Waals surface area contributed by atoms with Crippen molar-refractivity contribution in [2.75, 3.05) is 25.6 Å². The molecule has 0 fully saturated rings. The number of ether oxygens (including phenoxy) is 1. The third kappa shape index (κ3) is 3.47. The summed E-state index contributed by atoms with van der Waals surface area (Å²) in [7, 11) is 1.63. The number of aromatic nitrogens is 1. The lowest BCUT2D eigenvalue weighted by Gasteiger charge is -2.11. The van der Waals surface area contributed by atoms with E-state index in [2.05, 4.69) is 10.3 Å². The van der Waals surface area contributed by atoms with Crippen LogP contribution < -0.4 is 5.32 Å². The molecule has 1 aromatic rings. The highest BCUT2D eigenvalue weighted by Crippen LogP contribution is 2.20. The third-order valence-electron chi connectivity index (χ3n) is 2.05. The number of anilines is 1. The van der Waals surface area contributed by atoms with Crippen molar-refractivity contribution in [3.63, 3.8) is 0 Å². The maximum atomic E-state index is 10.7. The lowest BCUT2D eigenvalue weighted by atomic mass is 10.2. The fourth-order valence-electron chi connectivity index (χ4n) is 1.31. The van der Waals surface area contributed by atoms with E-state index in [1.807, 2.05) is 6.92 Å². The average molecular weight is 225 g/mol. The third-order valence-corrected chi connectivity index (χ3v) is 2.05. The van der Waals surface area contributed by atoms with E-state index >= 15 is 0 Å². The highest BCUT2D eigenvalue weighted by atomic mass is 16.6. The van der Waals surface area contributed by atoms with Gasteiger partial charge in [0.2, 0.25) is 0 Å². The summed E-state index contributed by atoms with van der Waals surface area (Å²) in [6, 6.07) is 3.31. The van der Waals surface area contributed by atoms with Crippen molar-refractivity contribution in [3.8, 4) is 0 Å². The van der Waals surface area contributed by atoms with Gasteiger partial charge in [-0.1, -0.05) is 6.92 Å². The van der Waals surface area contributed by atoms with Gasteiger partial charge in [0, 0.05) is 13.7 Å². The van der Waals surface area contributed by atoms with Crippen LogP contribution in [-0.2, 0) is 4.74 Å². The number of nitrogens with zero attached hydrogens (tertiary/aromatic N) is 2. The molecule has 0 bridgehead atoms. The first-order valence-corrected chi connectivity index (χ1v) is 4.97. The molecule has 0 aliphatic heterocycles. The van der Waals surface area contributed by atoms with Crippen molar-refractivity contribution in [1.29, 1.82) is 0 Å². The zero-order valence-electron chi connectivity index (χ0n) is 9.34. The van der Waals surface area contributed by atoms with Crippen LogP contribution in [0.5, 0.6) is 0 Å². The molecule has 1 heterocycles. The number of nitrogens with one attached hydrogen (secondary N) is 1. The monoisotopic (exact) mass is 225 g/mol. The van der Waals surface area contributed by atoms with Crippen LogP contribution in [0.4, 0.5) is 11.5 Å². The van der Waals surface area contributed by atoms with Crippen molar-refractivity contribution in [2.45, 2.75) is 6.92 Å². The van der Waals surface area contributed by atoms with Crippen LogP contribution in [0.15, 0.2) is 18.3 Å². The van der Waals surface area contributed by atoms with E-state index in [1.54, 1.807) is 19.2 Å². The number of methoxy groups -OCH3 is 1. The molecule has 1 aromatic heterocycles. The van der Waals surface area contributed by atoms with Gasteiger partial charge >= 0.3 is 5.82 Å². The van der Waals surface area contributed by atoms with E-state index in [9.17, 15) is 10.1 Å². The van der Waals surface area contributed by atoms with Gasteiger partial charge in [-0.15, -0.1) is 0 Å². The second-order valence-corrected chi connectivity index (χ2v) is 3.57. The van der Waals surface area contributed by atoms with Gasteiger partial charge in [0.25, 0.3) is 0 Å². The molecule has 0 amide bonds. The Morgan fingerprint density at radius 3 is 3.06 bits per heavy atom. The van der Waals surface area contributed by atoms with Crippen molar-refractivity contribution in [1.82, 2.24) is 4.98 Å². The zero-order valence-corrected chi connectivity index (χ0v) is 9.34. The van der Waals surface area contributed by atoms with Crippen molar-refractivity contribution < 1.29 is 9.66 Å². The lowest BCUT2D eigenvalue weighted by Crippen LogP contribution is -2.16. The van der Waals surface area contributed by atoms with Crippen LogP contribution >= 0.6 is 0 Å². The average Bonchev–Trinajstić information content (AvgIpc) is 2.27. The molecule has 0 aliphatic carbocycles. The normalized spacial score (nSPS) is 12.1. The van der Waals surface area contributed by atoms with Crippen LogP contribution in [0, 0.1) is 16.0 Å². The number of nitro groups is 1. The Kier molecular flexibility index (Phi) is 4.65. The Bertz CT molecular complexity index is 357. The minimum absolute atomic E-state index is 0.146. The van der Waals surface area contributed by atoms with Gasteiger partial charge in [-0.05, 0) is 28.0 Å². The molecule has 0 spiro atoms. The first kappa shape index (κ1) is 12.4. The van der Waals surface area contributed by atoms with E-state index in [0.717, 1.165) is 0 Å². The molecule has 1 unspecified atom stereocenters. The Morgan fingerprint density at radius 1 is 1.69 bits per heavy atom. The maximum Gasteiger partial charge on any atom is 0.386 e. The fraction of sp³-hybridized carbons (Fsp3) is 0.500. The molecule has 6 nitrogen and oxygen atoms in total. The van der Waals surface area contributed by atoms with Gasteiger partial charge in [0.1, 0.15) is 11.9 Å². The molecule has 1 rings (SSSR count). The van der Waals surface area contributed by atoms with Crippen LogP contribution in [-0.4, -0.2) is 30.2 Å². The summed E-state index contributed by atoms with van der Waals surface area (Å²) in [6.45, 7) is 3.22. The van der Waals surface area contributed by atoms with Gasteiger partial charge in [-0.2, -0.15) is 0 Å². The number of hydrogen-bond acceptors (Lipinski definition) is 5. The molecule has 1 atom stereocenters. The summed E-state index contributed by atoms with van der Waals surface area (Å²) in [5.74, 6) is 0.136. The molecular weight excluding hydrogens is 210 g/mol. The molecule has 16 heavy (non-hydrogen) atoms. The topological polar surface area (TPSA) is 77.3 Å². The predicted octanol–water partition coefficient (Wildman–Crippen LogP) is 1.68. The second-order valence-electron chi connectivity index (χ2n) is 3.57. The molecule has 0 saturated heterocycles. The van der Waals surface area contributed by atoms with Gasteiger partial charge in [0.05, 0.1) is 6.61 Å². The van der Waals surface area contributed by atoms with E-state index in [-0.39, 0.29) is 11.7 Å². The van der Waals surface area contributed by atoms with Gasteiger partial charge in [0.15, 0.2) is 0 Å². The van der Waals surface area contributed by atoms with E-state index in [1.165, 1.54) is 6.20 Å². The second kappa shape index (κ2) is 6.02. The Labute approximate surface area is 93.8 Å². The van der Waals surface area contributed by atoms with Crippen LogP contribution in [0.3, 0.4) is 0 Å². The van der Waals surface area contributed by atoms with Crippen molar-refractivity contribution >= 4 is 11.5 Å². The maximum absolute atomic E-state index is 10.7. The van der Waals surface area contributed by atoms with Gasteiger partial charge in [-0.25, -0.2) is 0 Å². The molecule has 0 aliphatic rings. The van der Waals surface area contributed by atoms with Crippen LogP contribution in [0.1, 0.15) is 6.92 Å². The van der Waals surface area contributed by atoms with Gasteiger partial charge < -0.3 is 20.2 Å². The largest absolute Gasteiger partial charge is 0.386 e. The highest BCUT2D eigenvalue weighted by Gasteiger charge is 2.14. The van der Waals surface area contributed by atoms with E-state index in [4.69, 9.17) is 4.74 Å². The van der Waals surface area contributed by atoms with Crippen LogP contribution in [0.25, 0.3) is 0 Å². The summed E-state index contributed by atoms with van der Waals surface area (Å²) >= 11 is 0. The first-order valence-electron chi connectivity index (χ1n) is 4.97. The van der Waals surface area contributed by atoms with Crippen molar-refractivity contribution in [3.05, 3.63) is 28.4 Å². The summed E-state index contributed by atoms with van der Waals surface area (Å²) in [6.07, 6.45) is 1.40. The van der Waals surface area contributed by atoms with E-state index in [0.29, 0.717) is 18.8 Å². The Hall–Kier alpha value is -1.69. The minimum atomic E-state index is -0.497. The predicted molar refractivity (Wildman–Crippen MR) is 60.4 cm³/mol. The number of rotatable bonds is 6. The summed E-state index contributed by atoms with van der Waals surface area (Å²) in [4.78, 5) is 13.9. The van der Waals surface area contributed by atoms with E-state index < -0.39 is 4.92 Å². The number of pyridine rings is 1. The number of hydrogen-bond donors (Lipinski definition) is 1. The standard InChI is InChI=1S/C10H15N3O3/c1-8(7-16-2)6-12-9-4-3-5-11-10(9)13(14)15/h3-5,8,12H,6-7H2,1-2H3. The lowest BCUT2D eigenvalue weighted by molar-refractivity contribution is -0.388. The Balaban J connectivity index is 2.63. The Morgan fingerprint density at radius 2 is 2.44 bits per heavy atom. The quantitative estimate of drug-likeness (QED) is 0.588. The highest BCUT2D eigenvalue weighted by molar-refractivity contribution is 5.56. The fourth-order valence-corrected chi connectivity index (χ4v) is 1.31. The molecule has 88 valence electrons. The minimum Gasteiger partial charge on any atom is -0.384 e. The molecule has 1 N–H and O–H groups in total. The molecule has 6 heteroatoms. The molecular formula is C10H15N3O3. The van der Waals surface area contributed by atoms with Gasteiger partial charge in [-0.3, -0.25) is 0 Å². The zero-order chi connectivity index (χ0) is 12.0. The summed E-state index contributed by atoms with van der Waals surface area (Å²) in [5.41, 5.74) is 0.440. The molecule has 0 aromatic carbocycles. The summed E-state index contributed by atoms with van der Waals surface area (Å²) < 4.78 is 4.98. The molecule has 0 radical (unpaired) electrons. The van der Waals surface area contributed by atoms with Crippen molar-refractivity contribution in [2.24, 2.45) is 5.92 Å². The smallest absolute Gasteiger partial charge is 0.384 e. The molecule has 0 saturated carbocycles. The first-order chi connectivity index (χ1) is 7.65. The van der Waals surface area contributed by atoms with Crippen LogP contribution in [0.2, 0.25) is 0 Å².